The Morgan fingerprint density at radius 3 is 2.82 bits per heavy atom. The van der Waals surface area contributed by atoms with Crippen molar-refractivity contribution in [1.82, 2.24) is 4.90 Å². The van der Waals surface area contributed by atoms with Crippen molar-refractivity contribution >= 4 is 5.91 Å². The van der Waals surface area contributed by atoms with Crippen LogP contribution in [-0.4, -0.2) is 36.6 Å². The molecule has 1 aliphatic rings. The molecule has 2 rings (SSSR count). The minimum Gasteiger partial charge on any atom is -0.377 e. The Kier molecular flexibility index (Phi) is 3.38. The van der Waals surface area contributed by atoms with Crippen LogP contribution in [0, 0.1) is 11.6 Å². The molecule has 1 unspecified atom stereocenters. The van der Waals surface area contributed by atoms with E-state index in [9.17, 15) is 13.6 Å². The number of hydrogen-bond acceptors (Lipinski definition) is 2. The van der Waals surface area contributed by atoms with Gasteiger partial charge in [0.25, 0.3) is 5.91 Å². The lowest BCUT2D eigenvalue weighted by molar-refractivity contribution is 0.00356. The molecule has 1 amide bonds. The maximum absolute atomic E-state index is 13.0. The molecule has 92 valence electrons. The number of benzene rings is 1. The van der Waals surface area contributed by atoms with Crippen LogP contribution in [0.2, 0.25) is 0 Å². The zero-order valence-corrected chi connectivity index (χ0v) is 9.45. The highest BCUT2D eigenvalue weighted by atomic mass is 19.2. The highest BCUT2D eigenvalue weighted by Crippen LogP contribution is 2.14. The zero-order chi connectivity index (χ0) is 12.4. The number of rotatable bonds is 1. The normalized spacial score (nSPS) is 20.4. The molecular formula is C12H13F2NO2. The van der Waals surface area contributed by atoms with Crippen LogP contribution in [0.15, 0.2) is 18.2 Å². The summed E-state index contributed by atoms with van der Waals surface area (Å²) in [5, 5.41) is 0. The highest BCUT2D eigenvalue weighted by molar-refractivity contribution is 5.94. The number of morpholine rings is 1. The summed E-state index contributed by atoms with van der Waals surface area (Å²) in [5.41, 5.74) is 0.164. The van der Waals surface area contributed by atoms with Gasteiger partial charge in [-0.3, -0.25) is 4.79 Å². The van der Waals surface area contributed by atoms with Gasteiger partial charge in [0.2, 0.25) is 0 Å². The summed E-state index contributed by atoms with van der Waals surface area (Å²) in [4.78, 5) is 13.7. The predicted molar refractivity (Wildman–Crippen MR) is 57.7 cm³/mol. The van der Waals surface area contributed by atoms with Gasteiger partial charge >= 0.3 is 0 Å². The van der Waals surface area contributed by atoms with Crippen LogP contribution >= 0.6 is 0 Å². The van der Waals surface area contributed by atoms with Crippen LogP contribution in [0.25, 0.3) is 0 Å². The summed E-state index contributed by atoms with van der Waals surface area (Å²) in [6.07, 6.45) is 0. The van der Waals surface area contributed by atoms with E-state index in [1.807, 2.05) is 6.92 Å². The molecule has 0 spiro atoms. The van der Waals surface area contributed by atoms with Crippen LogP contribution in [-0.2, 0) is 4.74 Å². The summed E-state index contributed by atoms with van der Waals surface area (Å²) < 4.78 is 31.0. The summed E-state index contributed by atoms with van der Waals surface area (Å²) in [6, 6.07) is 3.14. The molecule has 0 bridgehead atoms. The van der Waals surface area contributed by atoms with E-state index >= 15 is 0 Å². The van der Waals surface area contributed by atoms with Gasteiger partial charge in [0.05, 0.1) is 19.3 Å². The van der Waals surface area contributed by atoms with Crippen LogP contribution in [0.1, 0.15) is 17.3 Å². The first kappa shape index (κ1) is 12.0. The largest absolute Gasteiger partial charge is 0.377 e. The monoisotopic (exact) mass is 241 g/mol. The first-order valence-corrected chi connectivity index (χ1v) is 5.43. The van der Waals surface area contributed by atoms with Gasteiger partial charge in [0.15, 0.2) is 11.6 Å². The summed E-state index contributed by atoms with van der Waals surface area (Å²) in [5.74, 6) is -2.24. The molecule has 1 saturated heterocycles. The van der Waals surface area contributed by atoms with Gasteiger partial charge in [0.1, 0.15) is 0 Å². The van der Waals surface area contributed by atoms with Crippen molar-refractivity contribution in [3.05, 3.63) is 35.4 Å². The third-order valence-electron chi connectivity index (χ3n) is 2.80. The fourth-order valence-corrected chi connectivity index (χ4v) is 1.82. The average Bonchev–Trinajstić information content (AvgIpc) is 2.32. The molecule has 0 radical (unpaired) electrons. The number of hydrogen-bond donors (Lipinski definition) is 0. The van der Waals surface area contributed by atoms with Gasteiger partial charge in [-0.15, -0.1) is 0 Å². The van der Waals surface area contributed by atoms with E-state index in [0.717, 1.165) is 12.1 Å². The lowest BCUT2D eigenvalue weighted by Gasteiger charge is -2.33. The Hall–Kier alpha value is -1.49. The maximum Gasteiger partial charge on any atom is 0.254 e. The van der Waals surface area contributed by atoms with E-state index in [4.69, 9.17) is 4.74 Å². The number of nitrogens with zero attached hydrogens (tertiary/aromatic N) is 1. The van der Waals surface area contributed by atoms with Gasteiger partial charge in [-0.25, -0.2) is 8.78 Å². The molecule has 0 N–H and O–H groups in total. The highest BCUT2D eigenvalue weighted by Gasteiger charge is 2.25. The average molecular weight is 241 g/mol. The van der Waals surface area contributed by atoms with Gasteiger partial charge in [-0.2, -0.15) is 0 Å². The third kappa shape index (κ3) is 2.44. The van der Waals surface area contributed by atoms with E-state index < -0.39 is 11.6 Å². The zero-order valence-electron chi connectivity index (χ0n) is 9.45. The summed E-state index contributed by atoms with van der Waals surface area (Å²) in [7, 11) is 0. The lowest BCUT2D eigenvalue weighted by atomic mass is 10.1. The molecule has 0 aliphatic carbocycles. The third-order valence-corrected chi connectivity index (χ3v) is 2.80. The van der Waals surface area contributed by atoms with Crippen LogP contribution in [0.5, 0.6) is 0 Å². The van der Waals surface area contributed by atoms with Gasteiger partial charge in [-0.1, -0.05) is 0 Å². The maximum atomic E-state index is 13.0. The summed E-state index contributed by atoms with van der Waals surface area (Å²) >= 11 is 0. The van der Waals surface area contributed by atoms with Crippen molar-refractivity contribution in [2.24, 2.45) is 0 Å². The second kappa shape index (κ2) is 4.79. The standard InChI is InChI=1S/C12H13F2NO2/c1-8-7-17-5-4-15(8)12(16)9-2-3-10(13)11(14)6-9/h2-3,6,8H,4-5,7H2,1H3. The van der Waals surface area contributed by atoms with Gasteiger partial charge in [0, 0.05) is 12.1 Å². The Labute approximate surface area is 98.0 Å². The minimum absolute atomic E-state index is 0.0515. The molecule has 3 nitrogen and oxygen atoms in total. The molecule has 1 atom stereocenters. The predicted octanol–water partition coefficient (Wildman–Crippen LogP) is 1.83. The second-order valence-corrected chi connectivity index (χ2v) is 4.05. The van der Waals surface area contributed by atoms with Gasteiger partial charge in [-0.05, 0) is 25.1 Å². The molecule has 1 aliphatic heterocycles. The molecule has 0 saturated carbocycles. The van der Waals surface area contributed by atoms with Gasteiger partial charge < -0.3 is 9.64 Å². The topological polar surface area (TPSA) is 29.5 Å². The fraction of sp³-hybridized carbons (Fsp3) is 0.417. The molecule has 0 aromatic heterocycles. The molecular weight excluding hydrogens is 228 g/mol. The molecule has 1 heterocycles. The fourth-order valence-electron chi connectivity index (χ4n) is 1.82. The van der Waals surface area contributed by atoms with Crippen molar-refractivity contribution in [1.29, 1.82) is 0 Å². The van der Waals surface area contributed by atoms with Crippen molar-refractivity contribution in [3.8, 4) is 0 Å². The van der Waals surface area contributed by atoms with Crippen molar-refractivity contribution in [2.45, 2.75) is 13.0 Å². The van der Waals surface area contributed by atoms with Crippen LogP contribution in [0.4, 0.5) is 8.78 Å². The number of ether oxygens (including phenoxy) is 1. The Morgan fingerprint density at radius 1 is 1.41 bits per heavy atom. The molecule has 1 aromatic rings. The molecule has 1 aromatic carbocycles. The molecule has 1 fully saturated rings. The number of carbonyl (C=O) groups is 1. The van der Waals surface area contributed by atoms with E-state index in [1.165, 1.54) is 6.07 Å². The second-order valence-electron chi connectivity index (χ2n) is 4.05. The Bertz CT molecular complexity index is 437. The van der Waals surface area contributed by atoms with E-state index in [2.05, 4.69) is 0 Å². The quantitative estimate of drug-likeness (QED) is 0.750. The first-order valence-electron chi connectivity index (χ1n) is 5.43. The van der Waals surface area contributed by atoms with Crippen molar-refractivity contribution < 1.29 is 18.3 Å². The lowest BCUT2D eigenvalue weighted by Crippen LogP contribution is -2.47. The minimum atomic E-state index is -1.00. The Morgan fingerprint density at radius 2 is 2.18 bits per heavy atom. The number of carbonyl (C=O) groups excluding carboxylic acids is 1. The number of amides is 1. The van der Waals surface area contributed by atoms with Crippen LogP contribution < -0.4 is 0 Å². The molecule has 17 heavy (non-hydrogen) atoms. The molecule has 5 heteroatoms. The van der Waals surface area contributed by atoms with E-state index in [1.54, 1.807) is 4.90 Å². The van der Waals surface area contributed by atoms with Crippen molar-refractivity contribution in [2.75, 3.05) is 19.8 Å². The summed E-state index contributed by atoms with van der Waals surface area (Å²) in [6.45, 7) is 3.27. The van der Waals surface area contributed by atoms with Crippen LogP contribution in [0.3, 0.4) is 0 Å². The first-order chi connectivity index (χ1) is 8.09. The van der Waals surface area contributed by atoms with E-state index in [-0.39, 0.29) is 17.5 Å². The van der Waals surface area contributed by atoms with Crippen molar-refractivity contribution in [3.63, 3.8) is 0 Å². The number of halogens is 2. The SMILES string of the molecule is CC1COCCN1C(=O)c1ccc(F)c(F)c1. The van der Waals surface area contributed by atoms with E-state index in [0.29, 0.717) is 19.8 Å². The Balaban J connectivity index is 2.21. The smallest absolute Gasteiger partial charge is 0.254 e.